The number of piperidine rings is 1. The van der Waals surface area contributed by atoms with Crippen LogP contribution in [0.2, 0.25) is 0 Å². The second-order valence-electron chi connectivity index (χ2n) is 7.77. The van der Waals surface area contributed by atoms with Crippen molar-refractivity contribution in [2.24, 2.45) is 0 Å². The molecule has 2 aromatic rings. The van der Waals surface area contributed by atoms with Crippen LogP contribution in [0.4, 0.5) is 15.8 Å². The molecule has 32 heavy (non-hydrogen) atoms. The molecule has 1 aliphatic rings. The first kappa shape index (κ1) is 24.1. The largest absolute Gasteiger partial charge is 0.468 e. The first-order valence-corrected chi connectivity index (χ1v) is 12.1. The molecule has 8 heteroatoms. The minimum Gasteiger partial charge on any atom is -0.468 e. The van der Waals surface area contributed by atoms with Gasteiger partial charge in [-0.25, -0.2) is 4.39 Å². The Kier molecular flexibility index (Phi) is 8.93. The van der Waals surface area contributed by atoms with Crippen molar-refractivity contribution < 1.29 is 18.7 Å². The molecule has 0 bridgehead atoms. The zero-order valence-electron chi connectivity index (χ0n) is 18.5. The molecule has 2 aromatic carbocycles. The standard InChI is InChI=1S/C24H30FN3O3S/c1-31-24(30)22(13-16-32-2)26-18-11-14-28(15-12-18)19-9-7-17(8-10-19)27-23(29)20-5-3-4-6-21(20)25/h3-10,18,22,26H,11-16H2,1-2H3,(H,27,29). The number of rotatable bonds is 9. The Balaban J connectivity index is 1.52. The van der Waals surface area contributed by atoms with E-state index in [-0.39, 0.29) is 23.6 Å². The number of nitrogens with one attached hydrogen (secondary N) is 2. The number of carbonyl (C=O) groups is 2. The van der Waals surface area contributed by atoms with Gasteiger partial charge in [0.2, 0.25) is 0 Å². The topological polar surface area (TPSA) is 70.7 Å². The fourth-order valence-electron chi connectivity index (χ4n) is 3.84. The molecule has 1 fully saturated rings. The monoisotopic (exact) mass is 459 g/mol. The first-order valence-electron chi connectivity index (χ1n) is 10.8. The summed E-state index contributed by atoms with van der Waals surface area (Å²) < 4.78 is 18.7. The number of amides is 1. The lowest BCUT2D eigenvalue weighted by Gasteiger charge is -2.35. The van der Waals surface area contributed by atoms with Crippen molar-refractivity contribution >= 4 is 35.0 Å². The van der Waals surface area contributed by atoms with E-state index in [9.17, 15) is 14.0 Å². The van der Waals surface area contributed by atoms with Crippen LogP contribution in [0, 0.1) is 5.82 Å². The van der Waals surface area contributed by atoms with E-state index in [0.717, 1.165) is 43.8 Å². The molecule has 0 saturated carbocycles. The number of halogens is 1. The van der Waals surface area contributed by atoms with Gasteiger partial charge in [0.05, 0.1) is 12.7 Å². The second kappa shape index (κ2) is 11.9. The number of carbonyl (C=O) groups excluding carboxylic acids is 2. The SMILES string of the molecule is COC(=O)C(CCSC)NC1CCN(c2ccc(NC(=O)c3ccccc3F)cc2)CC1. The number of nitrogens with zero attached hydrogens (tertiary/aromatic N) is 1. The van der Waals surface area contributed by atoms with Gasteiger partial charge in [0.25, 0.3) is 5.91 Å². The summed E-state index contributed by atoms with van der Waals surface area (Å²) in [7, 11) is 1.43. The van der Waals surface area contributed by atoms with Crippen molar-refractivity contribution in [2.45, 2.75) is 31.3 Å². The Hall–Kier alpha value is -2.58. The van der Waals surface area contributed by atoms with Crippen molar-refractivity contribution in [3.63, 3.8) is 0 Å². The van der Waals surface area contributed by atoms with E-state index in [0.29, 0.717) is 5.69 Å². The highest BCUT2D eigenvalue weighted by Crippen LogP contribution is 2.23. The van der Waals surface area contributed by atoms with Gasteiger partial charge in [0.1, 0.15) is 11.9 Å². The van der Waals surface area contributed by atoms with E-state index in [2.05, 4.69) is 15.5 Å². The van der Waals surface area contributed by atoms with Gasteiger partial charge in [-0.3, -0.25) is 9.59 Å². The van der Waals surface area contributed by atoms with Gasteiger partial charge < -0.3 is 20.3 Å². The molecule has 1 aliphatic heterocycles. The number of thioether (sulfide) groups is 1. The van der Waals surface area contributed by atoms with Crippen LogP contribution in [0.15, 0.2) is 48.5 Å². The molecule has 0 aromatic heterocycles. The normalized spacial score (nSPS) is 15.3. The quantitative estimate of drug-likeness (QED) is 0.554. The minimum absolute atomic E-state index is 0.0222. The fraction of sp³-hybridized carbons (Fsp3) is 0.417. The summed E-state index contributed by atoms with van der Waals surface area (Å²) in [6.07, 6.45) is 4.65. The first-order chi connectivity index (χ1) is 15.5. The van der Waals surface area contributed by atoms with Crippen LogP contribution in [-0.2, 0) is 9.53 Å². The average Bonchev–Trinajstić information content (AvgIpc) is 2.82. The number of ether oxygens (including phenoxy) is 1. The minimum atomic E-state index is -0.541. The van der Waals surface area contributed by atoms with E-state index >= 15 is 0 Å². The lowest BCUT2D eigenvalue weighted by atomic mass is 10.0. The molecule has 3 rings (SSSR count). The molecular weight excluding hydrogens is 429 g/mol. The summed E-state index contributed by atoms with van der Waals surface area (Å²) in [4.78, 5) is 26.6. The summed E-state index contributed by atoms with van der Waals surface area (Å²) in [6, 6.07) is 13.5. The van der Waals surface area contributed by atoms with Crippen LogP contribution in [0.25, 0.3) is 0 Å². The summed E-state index contributed by atoms with van der Waals surface area (Å²) >= 11 is 1.72. The Morgan fingerprint density at radius 3 is 2.47 bits per heavy atom. The highest BCUT2D eigenvalue weighted by molar-refractivity contribution is 7.98. The Morgan fingerprint density at radius 2 is 1.84 bits per heavy atom. The zero-order valence-corrected chi connectivity index (χ0v) is 19.3. The Labute approximate surface area is 192 Å². The third kappa shape index (κ3) is 6.46. The lowest BCUT2D eigenvalue weighted by molar-refractivity contribution is -0.143. The molecule has 0 radical (unpaired) electrons. The molecule has 0 spiro atoms. The fourth-order valence-corrected chi connectivity index (χ4v) is 4.31. The maximum Gasteiger partial charge on any atom is 0.322 e. The number of benzene rings is 2. The van der Waals surface area contributed by atoms with Crippen molar-refractivity contribution in [3.05, 3.63) is 59.9 Å². The van der Waals surface area contributed by atoms with Crippen LogP contribution < -0.4 is 15.5 Å². The van der Waals surface area contributed by atoms with Crippen molar-refractivity contribution in [1.29, 1.82) is 0 Å². The van der Waals surface area contributed by atoms with Crippen LogP contribution >= 0.6 is 11.8 Å². The number of methoxy groups -OCH3 is 1. The highest BCUT2D eigenvalue weighted by atomic mass is 32.2. The van der Waals surface area contributed by atoms with Crippen LogP contribution in [0.3, 0.4) is 0 Å². The Morgan fingerprint density at radius 1 is 1.16 bits per heavy atom. The predicted molar refractivity (Wildman–Crippen MR) is 128 cm³/mol. The van der Waals surface area contributed by atoms with Crippen LogP contribution in [0.5, 0.6) is 0 Å². The highest BCUT2D eigenvalue weighted by Gasteiger charge is 2.26. The third-order valence-electron chi connectivity index (χ3n) is 5.64. The van der Waals surface area contributed by atoms with Crippen LogP contribution in [0.1, 0.15) is 29.6 Å². The van der Waals surface area contributed by atoms with Gasteiger partial charge >= 0.3 is 5.97 Å². The smallest absolute Gasteiger partial charge is 0.322 e. The van der Waals surface area contributed by atoms with Gasteiger partial charge in [-0.1, -0.05) is 12.1 Å². The molecule has 172 valence electrons. The van der Waals surface area contributed by atoms with E-state index in [4.69, 9.17) is 4.74 Å². The predicted octanol–water partition coefficient (Wildman–Crippen LogP) is 3.93. The summed E-state index contributed by atoms with van der Waals surface area (Å²) in [5.74, 6) is -0.300. The number of esters is 1. The third-order valence-corrected chi connectivity index (χ3v) is 6.28. The van der Waals surface area contributed by atoms with Gasteiger partial charge in [-0.2, -0.15) is 11.8 Å². The molecule has 6 nitrogen and oxygen atoms in total. The lowest BCUT2D eigenvalue weighted by Crippen LogP contribution is -2.49. The molecule has 0 aliphatic carbocycles. The molecule has 1 unspecified atom stereocenters. The van der Waals surface area contributed by atoms with E-state index < -0.39 is 11.7 Å². The molecular formula is C24H30FN3O3S. The molecule has 1 heterocycles. The van der Waals surface area contributed by atoms with E-state index in [1.165, 1.54) is 19.2 Å². The zero-order chi connectivity index (χ0) is 22.9. The number of hydrogen-bond donors (Lipinski definition) is 2. The summed E-state index contributed by atoms with van der Waals surface area (Å²) in [6.45, 7) is 1.74. The molecule has 2 N–H and O–H groups in total. The van der Waals surface area contributed by atoms with Gasteiger partial charge in [0.15, 0.2) is 0 Å². The number of hydrogen-bond acceptors (Lipinski definition) is 6. The van der Waals surface area contributed by atoms with Crippen LogP contribution in [-0.4, -0.2) is 56.2 Å². The van der Waals surface area contributed by atoms with Crippen molar-refractivity contribution in [2.75, 3.05) is 42.4 Å². The summed E-state index contributed by atoms with van der Waals surface area (Å²) in [5, 5.41) is 6.21. The maximum absolute atomic E-state index is 13.8. The summed E-state index contributed by atoms with van der Waals surface area (Å²) in [5.41, 5.74) is 1.71. The van der Waals surface area contributed by atoms with Gasteiger partial charge in [0, 0.05) is 30.5 Å². The van der Waals surface area contributed by atoms with Crippen molar-refractivity contribution in [1.82, 2.24) is 5.32 Å². The maximum atomic E-state index is 13.8. The molecule has 1 atom stereocenters. The molecule has 1 amide bonds. The van der Waals surface area contributed by atoms with Crippen molar-refractivity contribution in [3.8, 4) is 0 Å². The Bertz CT molecular complexity index is 902. The molecule has 1 saturated heterocycles. The van der Waals surface area contributed by atoms with E-state index in [1.807, 2.05) is 30.5 Å². The van der Waals surface area contributed by atoms with Gasteiger partial charge in [-0.15, -0.1) is 0 Å². The number of anilines is 2. The second-order valence-corrected chi connectivity index (χ2v) is 8.75. The van der Waals surface area contributed by atoms with E-state index in [1.54, 1.807) is 23.9 Å². The average molecular weight is 460 g/mol. The van der Waals surface area contributed by atoms with Gasteiger partial charge in [-0.05, 0) is 67.7 Å².